The van der Waals surface area contributed by atoms with Crippen LogP contribution in [-0.4, -0.2) is 58.6 Å². The van der Waals surface area contributed by atoms with Crippen LogP contribution in [0.4, 0.5) is 0 Å². The zero-order chi connectivity index (χ0) is 18.0. The molecule has 0 saturated heterocycles. The van der Waals surface area contributed by atoms with E-state index in [1.165, 1.54) is 10.4 Å². The fourth-order valence-electron chi connectivity index (χ4n) is 2.45. The highest BCUT2D eigenvalue weighted by atomic mass is 28.5. The minimum absolute atomic E-state index is 0. The number of benzene rings is 2. The van der Waals surface area contributed by atoms with Gasteiger partial charge in [0, 0.05) is 0 Å². The SMILES string of the molecule is C[SiH](C)O[Si](O[SiH](C)C)(c1ccccc1)c1ccccc1.[SiH3]O[SiH3].[SiH4]. The first kappa shape index (κ1) is 24.6. The largest absolute Gasteiger partial charge is 0.471 e. The molecule has 0 fully saturated rings. The highest BCUT2D eigenvalue weighted by molar-refractivity contribution is 6.98. The highest BCUT2D eigenvalue weighted by Gasteiger charge is 2.43. The molecule has 9 heteroatoms. The van der Waals surface area contributed by atoms with Gasteiger partial charge in [-0.25, -0.2) is 0 Å². The molecule has 0 unspecified atom stereocenters. The Morgan fingerprint density at radius 1 is 0.680 bits per heavy atom. The normalized spacial score (nSPS) is 11.1. The molecule has 0 bridgehead atoms. The van der Waals surface area contributed by atoms with Crippen molar-refractivity contribution < 1.29 is 12.3 Å². The van der Waals surface area contributed by atoms with E-state index in [4.69, 9.17) is 8.23 Å². The van der Waals surface area contributed by atoms with Crippen molar-refractivity contribution in [2.24, 2.45) is 0 Å². The number of rotatable bonds is 6. The zero-order valence-electron chi connectivity index (χ0n) is 15.7. The van der Waals surface area contributed by atoms with Gasteiger partial charge >= 0.3 is 8.56 Å². The Balaban J connectivity index is 0.00000134. The second-order valence-electron chi connectivity index (χ2n) is 6.09. The average Bonchev–Trinajstić information content (AvgIpc) is 2.55. The van der Waals surface area contributed by atoms with Crippen molar-refractivity contribution in [3.63, 3.8) is 0 Å². The van der Waals surface area contributed by atoms with Gasteiger partial charge in [0.1, 0.15) is 21.0 Å². The fourth-order valence-corrected chi connectivity index (χ4v) is 12.3. The Morgan fingerprint density at radius 3 is 1.20 bits per heavy atom. The summed E-state index contributed by atoms with van der Waals surface area (Å²) in [5, 5.41) is 2.44. The van der Waals surface area contributed by atoms with E-state index in [1.54, 1.807) is 0 Å². The Hall–Kier alpha value is -0.379. The molecular formula is C16H34O3Si6. The first-order valence-corrected chi connectivity index (χ1v) is 17.3. The summed E-state index contributed by atoms with van der Waals surface area (Å²) in [6, 6.07) is 21.1. The molecule has 0 radical (unpaired) electrons. The van der Waals surface area contributed by atoms with Gasteiger partial charge in [-0.3, -0.25) is 0 Å². The van der Waals surface area contributed by atoms with Crippen LogP contribution in [0.15, 0.2) is 60.7 Å². The predicted octanol–water partition coefficient (Wildman–Crippen LogP) is -1.64. The maximum atomic E-state index is 6.61. The Labute approximate surface area is 167 Å². The molecule has 0 spiro atoms. The molecule has 0 aliphatic rings. The minimum Gasteiger partial charge on any atom is -0.471 e. The van der Waals surface area contributed by atoms with Crippen molar-refractivity contribution in [2.75, 3.05) is 0 Å². The van der Waals surface area contributed by atoms with Crippen LogP contribution in [0.1, 0.15) is 0 Å². The molecule has 2 aromatic rings. The summed E-state index contributed by atoms with van der Waals surface area (Å²) in [4.78, 5) is 0. The van der Waals surface area contributed by atoms with E-state index in [-0.39, 0.29) is 11.0 Å². The third kappa shape index (κ3) is 7.80. The van der Waals surface area contributed by atoms with E-state index in [1.807, 2.05) is 12.1 Å². The molecule has 140 valence electrons. The quantitative estimate of drug-likeness (QED) is 0.502. The lowest BCUT2D eigenvalue weighted by molar-refractivity contribution is 0.434. The Morgan fingerprint density at radius 2 is 0.960 bits per heavy atom. The molecular weight excluding hydrogens is 409 g/mol. The van der Waals surface area contributed by atoms with Gasteiger partial charge < -0.3 is 12.3 Å². The van der Waals surface area contributed by atoms with E-state index in [0.717, 1.165) is 21.0 Å². The van der Waals surface area contributed by atoms with E-state index in [2.05, 4.69) is 78.8 Å². The number of hydrogen-bond donors (Lipinski definition) is 0. The van der Waals surface area contributed by atoms with E-state index >= 15 is 0 Å². The van der Waals surface area contributed by atoms with Gasteiger partial charge in [-0.15, -0.1) is 0 Å². The summed E-state index contributed by atoms with van der Waals surface area (Å²) >= 11 is 0. The van der Waals surface area contributed by atoms with Gasteiger partial charge in [0.15, 0.2) is 18.1 Å². The van der Waals surface area contributed by atoms with Crippen LogP contribution in [-0.2, 0) is 12.3 Å². The summed E-state index contributed by atoms with van der Waals surface area (Å²) in [7, 11) is -3.16. The summed E-state index contributed by atoms with van der Waals surface area (Å²) in [5.41, 5.74) is 0. The summed E-state index contributed by atoms with van der Waals surface area (Å²) in [6.45, 7) is 8.88. The first-order chi connectivity index (χ1) is 11.5. The summed E-state index contributed by atoms with van der Waals surface area (Å²) in [5.74, 6) is 0. The molecule has 0 atom stereocenters. The lowest BCUT2D eigenvalue weighted by Crippen LogP contribution is -2.66. The lowest BCUT2D eigenvalue weighted by atomic mass is 10.4. The van der Waals surface area contributed by atoms with Crippen LogP contribution >= 0.6 is 0 Å². The van der Waals surface area contributed by atoms with Gasteiger partial charge in [0.2, 0.25) is 0 Å². The van der Waals surface area contributed by atoms with Gasteiger partial charge in [0.25, 0.3) is 0 Å². The van der Waals surface area contributed by atoms with Crippen molar-refractivity contribution in [1.82, 2.24) is 0 Å². The first-order valence-electron chi connectivity index (χ1n) is 8.33. The molecule has 2 aromatic carbocycles. The zero-order valence-corrected chi connectivity index (χ0v) is 23.0. The third-order valence-electron chi connectivity index (χ3n) is 3.11. The molecule has 3 nitrogen and oxygen atoms in total. The molecule has 0 heterocycles. The minimum atomic E-state index is -2.55. The van der Waals surface area contributed by atoms with Crippen LogP contribution < -0.4 is 10.4 Å². The van der Waals surface area contributed by atoms with Gasteiger partial charge in [0.05, 0.1) is 0 Å². The smallest absolute Gasteiger partial charge is 0.386 e. The third-order valence-corrected chi connectivity index (χ3v) is 11.7. The molecule has 0 saturated carbocycles. The van der Waals surface area contributed by atoms with Crippen LogP contribution in [0.5, 0.6) is 0 Å². The summed E-state index contributed by atoms with van der Waals surface area (Å²) in [6.07, 6.45) is 0. The standard InChI is InChI=1S/C16H24O2Si3.H6OSi2.H4Si/c1-19(2)17-21(18-20(3)4,15-11-7-5-8-12-15)16-13-9-6-10-14-16;2-1-3;/h5-14,19-20H,1-4H3;2-3H3;1H4. The molecule has 25 heavy (non-hydrogen) atoms. The Kier molecular flexibility index (Phi) is 12.7. The van der Waals surface area contributed by atoms with Crippen molar-refractivity contribution in [3.05, 3.63) is 60.7 Å². The molecule has 0 aromatic heterocycles. The topological polar surface area (TPSA) is 27.7 Å². The molecule has 0 N–H and O–H groups in total. The van der Waals surface area contributed by atoms with E-state index in [9.17, 15) is 0 Å². The van der Waals surface area contributed by atoms with E-state index in [0.29, 0.717) is 0 Å². The molecule has 2 rings (SSSR count). The van der Waals surface area contributed by atoms with Crippen molar-refractivity contribution in [2.45, 2.75) is 26.2 Å². The second-order valence-corrected chi connectivity index (χ2v) is 17.8. The molecule has 0 amide bonds. The number of hydrogen-bond acceptors (Lipinski definition) is 3. The van der Waals surface area contributed by atoms with Crippen molar-refractivity contribution in [3.8, 4) is 0 Å². The predicted molar refractivity (Wildman–Crippen MR) is 130 cm³/mol. The van der Waals surface area contributed by atoms with Crippen molar-refractivity contribution in [1.29, 1.82) is 0 Å². The van der Waals surface area contributed by atoms with Crippen LogP contribution in [0.25, 0.3) is 0 Å². The van der Waals surface area contributed by atoms with Gasteiger partial charge in [-0.2, -0.15) is 0 Å². The van der Waals surface area contributed by atoms with Gasteiger partial charge in [-0.05, 0) is 47.5 Å². The van der Waals surface area contributed by atoms with Crippen LogP contribution in [0.2, 0.25) is 26.2 Å². The molecule has 0 aliphatic heterocycles. The van der Waals surface area contributed by atoms with E-state index < -0.39 is 26.6 Å². The van der Waals surface area contributed by atoms with Gasteiger partial charge in [-0.1, -0.05) is 60.7 Å². The summed E-state index contributed by atoms with van der Waals surface area (Å²) < 4.78 is 17.8. The Bertz CT molecular complexity index is 517. The maximum absolute atomic E-state index is 6.61. The lowest BCUT2D eigenvalue weighted by Gasteiger charge is -2.35. The average molecular weight is 443 g/mol. The van der Waals surface area contributed by atoms with Crippen molar-refractivity contribution >= 4 is 69.0 Å². The highest BCUT2D eigenvalue weighted by Crippen LogP contribution is 2.13. The molecule has 0 aliphatic carbocycles. The fraction of sp³-hybridized carbons (Fsp3) is 0.250. The maximum Gasteiger partial charge on any atom is 0.386 e. The monoisotopic (exact) mass is 442 g/mol. The van der Waals surface area contributed by atoms with Crippen LogP contribution in [0.3, 0.4) is 0 Å². The van der Waals surface area contributed by atoms with Crippen LogP contribution in [0, 0.1) is 0 Å². The second kappa shape index (κ2) is 12.9.